The van der Waals surface area contributed by atoms with E-state index in [1.54, 1.807) is 23.1 Å². The van der Waals surface area contributed by atoms with Gasteiger partial charge in [0.1, 0.15) is 5.82 Å². The summed E-state index contributed by atoms with van der Waals surface area (Å²) in [5, 5.41) is 13.2. The highest BCUT2D eigenvalue weighted by Crippen LogP contribution is 2.43. The zero-order chi connectivity index (χ0) is 16.5. The van der Waals surface area contributed by atoms with E-state index < -0.39 is 0 Å². The smallest absolute Gasteiger partial charge is 0.192 e. The fourth-order valence-corrected chi connectivity index (χ4v) is 4.97. The predicted molar refractivity (Wildman–Crippen MR) is 101 cm³/mol. The molecule has 1 atom stereocenters. The summed E-state index contributed by atoms with van der Waals surface area (Å²) in [7, 11) is 0. The molecule has 1 fully saturated rings. The lowest BCUT2D eigenvalue weighted by Gasteiger charge is -2.14. The molecule has 1 saturated carbocycles. The van der Waals surface area contributed by atoms with Gasteiger partial charge in [0, 0.05) is 27.6 Å². The summed E-state index contributed by atoms with van der Waals surface area (Å²) in [5.41, 5.74) is 1.15. The van der Waals surface area contributed by atoms with E-state index in [4.69, 9.17) is 11.6 Å². The van der Waals surface area contributed by atoms with Gasteiger partial charge in [0.05, 0.1) is 0 Å². The molecule has 0 amide bonds. The van der Waals surface area contributed by atoms with Gasteiger partial charge in [-0.25, -0.2) is 0 Å². The van der Waals surface area contributed by atoms with E-state index in [1.807, 2.05) is 18.2 Å². The minimum absolute atomic E-state index is 0.245. The second-order valence-electron chi connectivity index (χ2n) is 6.04. The first-order chi connectivity index (χ1) is 11.7. The molecule has 1 aliphatic rings. The van der Waals surface area contributed by atoms with Gasteiger partial charge in [-0.05, 0) is 42.8 Å². The molecule has 2 aromatic heterocycles. The van der Waals surface area contributed by atoms with Crippen molar-refractivity contribution < 1.29 is 0 Å². The van der Waals surface area contributed by atoms with E-state index >= 15 is 0 Å². The Balaban J connectivity index is 1.59. The van der Waals surface area contributed by atoms with E-state index in [0.29, 0.717) is 6.04 Å². The quantitative estimate of drug-likeness (QED) is 0.512. The molecule has 6 heteroatoms. The summed E-state index contributed by atoms with van der Waals surface area (Å²) in [5.74, 6) is 1.08. The third-order valence-corrected chi connectivity index (χ3v) is 6.50. The number of thioether (sulfide) groups is 1. The van der Waals surface area contributed by atoms with E-state index in [0.717, 1.165) is 28.0 Å². The van der Waals surface area contributed by atoms with E-state index in [9.17, 15) is 0 Å². The molecular formula is C18H18ClN3S2. The lowest BCUT2D eigenvalue weighted by atomic mass is 10.2. The first-order valence-corrected chi connectivity index (χ1v) is 10.2. The Kier molecular flexibility index (Phi) is 4.66. The van der Waals surface area contributed by atoms with Gasteiger partial charge >= 0.3 is 0 Å². The maximum absolute atomic E-state index is 6.35. The lowest BCUT2D eigenvalue weighted by molar-refractivity contribution is 0.634. The molecule has 0 bridgehead atoms. The molecule has 2 heterocycles. The van der Waals surface area contributed by atoms with E-state index in [-0.39, 0.29) is 5.25 Å². The molecule has 24 heavy (non-hydrogen) atoms. The fraction of sp³-hybridized carbons (Fsp3) is 0.333. The summed E-state index contributed by atoms with van der Waals surface area (Å²) >= 11 is 9.87. The Morgan fingerprint density at radius 2 is 2.08 bits per heavy atom. The number of thiophene rings is 1. The van der Waals surface area contributed by atoms with Crippen LogP contribution in [-0.4, -0.2) is 14.8 Å². The molecule has 3 nitrogen and oxygen atoms in total. The molecule has 1 aliphatic carbocycles. The van der Waals surface area contributed by atoms with Crippen molar-refractivity contribution in [2.75, 3.05) is 0 Å². The largest absolute Gasteiger partial charge is 0.303 e. The molecule has 1 aromatic carbocycles. The third kappa shape index (κ3) is 3.39. The van der Waals surface area contributed by atoms with Crippen molar-refractivity contribution in [3.63, 3.8) is 0 Å². The van der Waals surface area contributed by atoms with Gasteiger partial charge in [-0.1, -0.05) is 47.6 Å². The standard InChI is InChI=1S/C18H18ClN3S2/c1-12(15-6-2-3-7-16(15)19)24-18-21-20-17(22(18)13-8-9-13)11-14-5-4-10-23-14/h2-7,10,12-13H,8-9,11H2,1H3/t12-/m0/s1. The maximum Gasteiger partial charge on any atom is 0.192 e. The molecule has 0 saturated heterocycles. The van der Waals surface area contributed by atoms with Crippen molar-refractivity contribution in [3.8, 4) is 0 Å². The molecule has 0 aliphatic heterocycles. The fourth-order valence-electron chi connectivity index (χ4n) is 2.80. The predicted octanol–water partition coefficient (Wildman–Crippen LogP) is 5.77. The van der Waals surface area contributed by atoms with E-state index in [2.05, 4.69) is 45.3 Å². The van der Waals surface area contributed by atoms with Crippen molar-refractivity contribution in [3.05, 3.63) is 63.1 Å². The van der Waals surface area contributed by atoms with Crippen LogP contribution in [0.25, 0.3) is 0 Å². The highest BCUT2D eigenvalue weighted by molar-refractivity contribution is 7.99. The first kappa shape index (κ1) is 16.2. The summed E-state index contributed by atoms with van der Waals surface area (Å²) in [6, 6.07) is 12.9. The summed E-state index contributed by atoms with van der Waals surface area (Å²) < 4.78 is 2.34. The second-order valence-corrected chi connectivity index (χ2v) is 8.79. The zero-order valence-corrected chi connectivity index (χ0v) is 15.7. The van der Waals surface area contributed by atoms with Crippen LogP contribution in [0.2, 0.25) is 5.02 Å². The molecule has 124 valence electrons. The lowest BCUT2D eigenvalue weighted by Crippen LogP contribution is -2.04. The van der Waals surface area contributed by atoms with E-state index in [1.165, 1.54) is 17.7 Å². The van der Waals surface area contributed by atoms with Crippen LogP contribution in [0.1, 0.15) is 47.3 Å². The number of benzene rings is 1. The van der Waals surface area contributed by atoms with Crippen LogP contribution in [0.4, 0.5) is 0 Å². The number of halogens is 1. The van der Waals surface area contributed by atoms with Crippen molar-refractivity contribution >= 4 is 34.7 Å². The van der Waals surface area contributed by atoms with Crippen molar-refractivity contribution in [1.82, 2.24) is 14.8 Å². The molecular weight excluding hydrogens is 358 g/mol. The Morgan fingerprint density at radius 3 is 2.79 bits per heavy atom. The average Bonchev–Trinajstić information content (AvgIpc) is 3.13. The van der Waals surface area contributed by atoms with Gasteiger partial charge in [0.2, 0.25) is 0 Å². The zero-order valence-electron chi connectivity index (χ0n) is 13.4. The van der Waals surface area contributed by atoms with Crippen LogP contribution >= 0.6 is 34.7 Å². The second kappa shape index (κ2) is 6.90. The average molecular weight is 376 g/mol. The Hall–Kier alpha value is -1.30. The normalized spacial score (nSPS) is 15.6. The summed E-state index contributed by atoms with van der Waals surface area (Å²) in [6.45, 7) is 2.18. The molecule has 0 N–H and O–H groups in total. The molecule has 0 unspecified atom stereocenters. The number of rotatable bonds is 6. The Labute approximate surface area is 155 Å². The van der Waals surface area contributed by atoms with Gasteiger partial charge in [-0.3, -0.25) is 0 Å². The van der Waals surface area contributed by atoms with Crippen LogP contribution in [0.5, 0.6) is 0 Å². The first-order valence-electron chi connectivity index (χ1n) is 8.09. The minimum atomic E-state index is 0.245. The van der Waals surface area contributed by atoms with Crippen LogP contribution in [-0.2, 0) is 6.42 Å². The third-order valence-electron chi connectivity index (χ3n) is 4.18. The van der Waals surface area contributed by atoms with Crippen LogP contribution in [0.3, 0.4) is 0 Å². The highest BCUT2D eigenvalue weighted by atomic mass is 35.5. The molecule has 0 radical (unpaired) electrons. The van der Waals surface area contributed by atoms with Crippen LogP contribution in [0.15, 0.2) is 46.9 Å². The van der Waals surface area contributed by atoms with Crippen molar-refractivity contribution in [2.24, 2.45) is 0 Å². The van der Waals surface area contributed by atoms with Gasteiger partial charge in [0.25, 0.3) is 0 Å². The maximum atomic E-state index is 6.35. The van der Waals surface area contributed by atoms with Crippen LogP contribution in [0, 0.1) is 0 Å². The topological polar surface area (TPSA) is 30.7 Å². The number of aromatic nitrogens is 3. The van der Waals surface area contributed by atoms with Crippen molar-refractivity contribution in [1.29, 1.82) is 0 Å². The highest BCUT2D eigenvalue weighted by Gasteiger charge is 2.30. The number of hydrogen-bond acceptors (Lipinski definition) is 4. The minimum Gasteiger partial charge on any atom is -0.303 e. The molecule has 0 spiro atoms. The summed E-state index contributed by atoms with van der Waals surface area (Å²) in [4.78, 5) is 1.33. The van der Waals surface area contributed by atoms with Crippen LogP contribution < -0.4 is 0 Å². The monoisotopic (exact) mass is 375 g/mol. The van der Waals surface area contributed by atoms with Gasteiger partial charge in [0.15, 0.2) is 5.16 Å². The van der Waals surface area contributed by atoms with Gasteiger partial charge in [-0.2, -0.15) is 0 Å². The summed E-state index contributed by atoms with van der Waals surface area (Å²) in [6.07, 6.45) is 3.31. The Morgan fingerprint density at radius 1 is 1.25 bits per heavy atom. The van der Waals surface area contributed by atoms with Gasteiger partial charge < -0.3 is 4.57 Å². The SMILES string of the molecule is C[C@H](Sc1nnc(Cc2cccs2)n1C1CC1)c1ccccc1Cl. The Bertz CT molecular complexity index is 825. The van der Waals surface area contributed by atoms with Gasteiger partial charge in [-0.15, -0.1) is 21.5 Å². The number of nitrogens with zero attached hydrogens (tertiary/aromatic N) is 3. The molecule has 4 rings (SSSR count). The number of hydrogen-bond donors (Lipinski definition) is 0. The van der Waals surface area contributed by atoms with Crippen molar-refractivity contribution in [2.45, 2.75) is 42.6 Å². The molecule has 3 aromatic rings.